The van der Waals surface area contributed by atoms with Crippen molar-refractivity contribution >= 4 is 54.0 Å². The molecule has 1 amide bonds. The van der Waals surface area contributed by atoms with Crippen molar-refractivity contribution in [3.8, 4) is 0 Å². The number of hydrogen-bond acceptors (Lipinski definition) is 5. The van der Waals surface area contributed by atoms with Crippen LogP contribution in [0.5, 0.6) is 0 Å². The molecule has 2 atom stereocenters. The molecule has 8 heteroatoms. The van der Waals surface area contributed by atoms with Crippen LogP contribution in [0, 0.1) is 12.7 Å². The molecule has 6 aromatic rings. The average molecular weight is 563 g/mol. The maximum absolute atomic E-state index is 13.9. The van der Waals surface area contributed by atoms with Gasteiger partial charge in [0, 0.05) is 5.39 Å². The third kappa shape index (κ3) is 4.15. The van der Waals surface area contributed by atoms with Gasteiger partial charge in [-0.1, -0.05) is 78.4 Å². The summed E-state index contributed by atoms with van der Waals surface area (Å²) in [5.41, 5.74) is 1.80. The largest absolute Gasteiger partial charge is 0.297 e. The highest BCUT2D eigenvalue weighted by atomic mass is 32.2. The number of benzene rings is 5. The molecule has 0 unspecified atom stereocenters. The van der Waals surface area contributed by atoms with E-state index in [1.807, 2.05) is 61.5 Å². The van der Waals surface area contributed by atoms with E-state index in [0.717, 1.165) is 44.1 Å². The minimum absolute atomic E-state index is 0.0530. The molecule has 0 bridgehead atoms. The Bertz CT molecular complexity index is 2100. The molecule has 6 nitrogen and oxygen atoms in total. The van der Waals surface area contributed by atoms with Crippen LogP contribution in [0.15, 0.2) is 114 Å². The van der Waals surface area contributed by atoms with E-state index in [2.05, 4.69) is 17.1 Å². The van der Waals surface area contributed by atoms with Crippen LogP contribution in [-0.4, -0.2) is 25.4 Å². The van der Waals surface area contributed by atoms with E-state index in [0.29, 0.717) is 11.4 Å². The van der Waals surface area contributed by atoms with E-state index in [4.69, 9.17) is 4.18 Å². The molecule has 0 radical (unpaired) electrons. The van der Waals surface area contributed by atoms with Crippen molar-refractivity contribution in [1.82, 2.24) is 4.98 Å². The Morgan fingerprint density at radius 1 is 0.780 bits per heavy atom. The quantitative estimate of drug-likeness (QED) is 0.130. The molecular formula is C33H23FN2O4S. The lowest BCUT2D eigenvalue weighted by Gasteiger charge is -2.46. The maximum atomic E-state index is 13.9. The number of anilines is 1. The molecular weight excluding hydrogens is 539 g/mol. The van der Waals surface area contributed by atoms with Gasteiger partial charge >= 0.3 is 0 Å². The molecule has 0 aliphatic carbocycles. The van der Waals surface area contributed by atoms with Crippen LogP contribution in [0.25, 0.3) is 32.3 Å². The zero-order valence-electron chi connectivity index (χ0n) is 21.9. The summed E-state index contributed by atoms with van der Waals surface area (Å²) >= 11 is 0. The van der Waals surface area contributed by atoms with Crippen molar-refractivity contribution in [2.24, 2.45) is 0 Å². The SMILES string of the molecule is Cc1ccc(S(=O)(=O)O[C@@H]2C(=O)N(c3cc4c5ccccc5ccc4c4ccccc34)[C@H]2c2ccc(F)cn2)cc1. The van der Waals surface area contributed by atoms with Crippen molar-refractivity contribution in [2.75, 3.05) is 4.90 Å². The zero-order valence-corrected chi connectivity index (χ0v) is 22.7. The monoisotopic (exact) mass is 562 g/mol. The van der Waals surface area contributed by atoms with Gasteiger partial charge in [-0.2, -0.15) is 8.42 Å². The molecule has 41 heavy (non-hydrogen) atoms. The number of rotatable bonds is 5. The molecule has 0 N–H and O–H groups in total. The fourth-order valence-electron chi connectivity index (χ4n) is 5.61. The molecule has 2 heterocycles. The maximum Gasteiger partial charge on any atom is 0.297 e. The van der Waals surface area contributed by atoms with Gasteiger partial charge in [0.05, 0.1) is 22.5 Å². The number of carbonyl (C=O) groups excluding carboxylic acids is 1. The van der Waals surface area contributed by atoms with Gasteiger partial charge in [0.15, 0.2) is 6.10 Å². The molecule has 0 spiro atoms. The summed E-state index contributed by atoms with van der Waals surface area (Å²) in [4.78, 5) is 19.5. The lowest BCUT2D eigenvalue weighted by molar-refractivity contribution is -0.134. The van der Waals surface area contributed by atoms with Crippen LogP contribution in [-0.2, 0) is 19.1 Å². The van der Waals surface area contributed by atoms with Crippen molar-refractivity contribution in [3.05, 3.63) is 126 Å². The first-order chi connectivity index (χ1) is 19.8. The summed E-state index contributed by atoms with van der Waals surface area (Å²) in [6, 6.07) is 29.9. The Morgan fingerprint density at radius 2 is 1.46 bits per heavy atom. The molecule has 0 saturated carbocycles. The van der Waals surface area contributed by atoms with Crippen molar-refractivity contribution in [3.63, 3.8) is 0 Å². The highest BCUT2D eigenvalue weighted by Gasteiger charge is 2.53. The first-order valence-corrected chi connectivity index (χ1v) is 14.5. The third-order valence-corrected chi connectivity index (χ3v) is 8.95. The highest BCUT2D eigenvalue weighted by Crippen LogP contribution is 2.46. The lowest BCUT2D eigenvalue weighted by atomic mass is 9.90. The second kappa shape index (κ2) is 9.47. The number of halogens is 1. The van der Waals surface area contributed by atoms with E-state index < -0.39 is 34.0 Å². The molecule has 1 aliphatic rings. The van der Waals surface area contributed by atoms with Gasteiger partial charge in [0.2, 0.25) is 0 Å². The van der Waals surface area contributed by atoms with Crippen LogP contribution in [0.3, 0.4) is 0 Å². The van der Waals surface area contributed by atoms with Gasteiger partial charge in [-0.25, -0.2) is 4.39 Å². The first-order valence-electron chi connectivity index (χ1n) is 13.1. The summed E-state index contributed by atoms with van der Waals surface area (Å²) in [6.07, 6.45) is -0.324. The number of aryl methyl sites for hydroxylation is 1. The number of pyridine rings is 1. The van der Waals surface area contributed by atoms with E-state index in [9.17, 15) is 17.6 Å². The topological polar surface area (TPSA) is 76.6 Å². The molecule has 1 aliphatic heterocycles. The Balaban J connectivity index is 1.40. The predicted octanol–water partition coefficient (Wildman–Crippen LogP) is 6.85. The van der Waals surface area contributed by atoms with Crippen LogP contribution in [0.4, 0.5) is 10.1 Å². The Kier molecular flexibility index (Phi) is 5.85. The van der Waals surface area contributed by atoms with Crippen molar-refractivity contribution in [2.45, 2.75) is 24.0 Å². The first kappa shape index (κ1) is 25.3. The van der Waals surface area contributed by atoms with E-state index >= 15 is 0 Å². The third-order valence-electron chi connectivity index (χ3n) is 7.64. The fourth-order valence-corrected chi connectivity index (χ4v) is 6.65. The minimum Gasteiger partial charge on any atom is -0.297 e. The Hall–Kier alpha value is -4.66. The standard InChI is InChI=1S/C33H23FN2O4S/c1-20-10-14-23(15-11-20)41(38,39)40-32-31(29-17-13-22(34)19-35-29)36(33(32)37)30-18-28-24-7-3-2-6-21(24)12-16-26(28)25-8-4-5-9-27(25)30/h2-19,31-32H,1H3/t31-,32-/m0/s1. The number of fused-ring (bicyclic) bond motifs is 5. The molecule has 7 rings (SSSR count). The smallest absolute Gasteiger partial charge is 0.297 e. The van der Waals surface area contributed by atoms with Gasteiger partial charge in [0.25, 0.3) is 16.0 Å². The fraction of sp³-hybridized carbons (Fsp3) is 0.0909. The van der Waals surface area contributed by atoms with Gasteiger partial charge in [-0.3, -0.25) is 18.9 Å². The van der Waals surface area contributed by atoms with Gasteiger partial charge < -0.3 is 0 Å². The minimum atomic E-state index is -4.28. The lowest BCUT2D eigenvalue weighted by Crippen LogP contribution is -2.61. The predicted molar refractivity (Wildman–Crippen MR) is 157 cm³/mol. The number of β-lactam (4-membered cyclic amide) rings is 1. The van der Waals surface area contributed by atoms with Gasteiger partial charge in [-0.05, 0) is 64.2 Å². The number of aromatic nitrogens is 1. The molecule has 5 aromatic carbocycles. The number of amides is 1. The van der Waals surface area contributed by atoms with Crippen LogP contribution in [0.2, 0.25) is 0 Å². The Labute approximate surface area is 235 Å². The van der Waals surface area contributed by atoms with Crippen LogP contribution >= 0.6 is 0 Å². The van der Waals surface area contributed by atoms with Crippen molar-refractivity contribution in [1.29, 1.82) is 0 Å². The molecule has 1 saturated heterocycles. The second-order valence-corrected chi connectivity index (χ2v) is 11.7. The summed E-state index contributed by atoms with van der Waals surface area (Å²) in [7, 11) is -4.28. The normalized spacial score (nSPS) is 17.3. The molecule has 1 aromatic heterocycles. The zero-order chi connectivity index (χ0) is 28.3. The molecule has 202 valence electrons. The number of carbonyl (C=O) groups is 1. The van der Waals surface area contributed by atoms with Crippen LogP contribution in [0.1, 0.15) is 17.3 Å². The summed E-state index contributed by atoms with van der Waals surface area (Å²) < 4.78 is 45.9. The van der Waals surface area contributed by atoms with Crippen molar-refractivity contribution < 1.29 is 21.8 Å². The van der Waals surface area contributed by atoms with E-state index in [1.54, 1.807) is 12.1 Å². The van der Waals surface area contributed by atoms with Gasteiger partial charge in [-0.15, -0.1) is 0 Å². The molecule has 1 fully saturated rings. The summed E-state index contributed by atoms with van der Waals surface area (Å²) in [5, 5.41) is 5.82. The highest BCUT2D eigenvalue weighted by molar-refractivity contribution is 7.86. The van der Waals surface area contributed by atoms with E-state index in [1.165, 1.54) is 29.2 Å². The van der Waals surface area contributed by atoms with E-state index in [-0.39, 0.29) is 4.90 Å². The summed E-state index contributed by atoms with van der Waals surface area (Å²) in [5.74, 6) is -1.07. The second-order valence-electron chi connectivity index (χ2n) is 10.2. The number of hydrogen-bond donors (Lipinski definition) is 0. The number of nitrogens with zero attached hydrogens (tertiary/aromatic N) is 2. The van der Waals surface area contributed by atoms with Gasteiger partial charge in [0.1, 0.15) is 11.9 Å². The Morgan fingerprint density at radius 3 is 2.20 bits per heavy atom. The summed E-state index contributed by atoms with van der Waals surface area (Å²) in [6.45, 7) is 1.85. The average Bonchev–Trinajstić information content (AvgIpc) is 2.99. The van der Waals surface area contributed by atoms with Crippen LogP contribution < -0.4 is 4.90 Å².